The first-order valence-corrected chi connectivity index (χ1v) is 6.58. The van der Waals surface area contributed by atoms with Gasteiger partial charge in [0.15, 0.2) is 0 Å². The van der Waals surface area contributed by atoms with Gasteiger partial charge in [0.25, 0.3) is 0 Å². The number of nitrogens with two attached hydrogens (primary N) is 1. The fourth-order valence-corrected chi connectivity index (χ4v) is 2.42. The van der Waals surface area contributed by atoms with E-state index in [1.807, 2.05) is 0 Å². The van der Waals surface area contributed by atoms with Crippen LogP contribution < -0.4 is 11.3 Å². The van der Waals surface area contributed by atoms with Crippen molar-refractivity contribution in [2.45, 2.75) is 44.6 Å². The van der Waals surface area contributed by atoms with Gasteiger partial charge in [-0.25, -0.2) is 9.82 Å². The molecule has 18 heavy (non-hydrogen) atoms. The Labute approximate surface area is 107 Å². The Morgan fingerprint density at radius 3 is 2.78 bits per heavy atom. The average Bonchev–Trinajstić information content (AvgIpc) is 2.34. The normalized spacial score (nSPS) is 21.6. The molecule has 1 aromatic rings. The molecule has 4 heteroatoms. The van der Waals surface area contributed by atoms with Crippen molar-refractivity contribution in [3.63, 3.8) is 0 Å². The highest BCUT2D eigenvalue weighted by molar-refractivity contribution is 5.22. The van der Waals surface area contributed by atoms with Gasteiger partial charge in [-0.2, -0.15) is 0 Å². The van der Waals surface area contributed by atoms with Gasteiger partial charge in [0.2, 0.25) is 0 Å². The van der Waals surface area contributed by atoms with Crippen molar-refractivity contribution < 1.29 is 4.39 Å². The lowest BCUT2D eigenvalue weighted by Crippen LogP contribution is -2.30. The first kappa shape index (κ1) is 13.2. The number of nitrogens with zero attached hydrogens (tertiary/aromatic N) is 1. The number of hydrazine groups is 1. The van der Waals surface area contributed by atoms with Gasteiger partial charge >= 0.3 is 0 Å². The number of hydrogen-bond donors (Lipinski definition) is 2. The maximum atomic E-state index is 12.9. The second-order valence-corrected chi connectivity index (χ2v) is 4.73. The molecule has 0 saturated heterocycles. The topological polar surface area (TPSA) is 50.9 Å². The van der Waals surface area contributed by atoms with Gasteiger partial charge in [-0.15, -0.1) is 0 Å². The highest BCUT2D eigenvalue weighted by atomic mass is 19.1. The van der Waals surface area contributed by atoms with Crippen molar-refractivity contribution in [3.05, 3.63) is 41.5 Å². The molecule has 1 aliphatic rings. The molecule has 3 N–H and O–H groups in total. The van der Waals surface area contributed by atoms with Gasteiger partial charge in [-0.05, 0) is 37.8 Å². The Kier molecular flexibility index (Phi) is 4.84. The van der Waals surface area contributed by atoms with Gasteiger partial charge in [0.05, 0.1) is 17.9 Å². The van der Waals surface area contributed by atoms with Crippen LogP contribution in [0.5, 0.6) is 0 Å². The maximum absolute atomic E-state index is 12.9. The van der Waals surface area contributed by atoms with E-state index in [4.69, 9.17) is 5.84 Å². The molecule has 0 saturated carbocycles. The molecule has 1 aromatic heterocycles. The highest BCUT2D eigenvalue weighted by Gasteiger charge is 2.17. The van der Waals surface area contributed by atoms with Crippen LogP contribution >= 0.6 is 0 Å². The molecule has 0 aromatic carbocycles. The minimum Gasteiger partial charge on any atom is -0.271 e. The van der Waals surface area contributed by atoms with Crippen molar-refractivity contribution >= 4 is 0 Å². The molecule has 0 spiro atoms. The standard InChI is InChI=1S/C14H20FN3/c15-12-8-9-13(17-10-12)14(18-16)11-6-4-2-1-3-5-7-11/h6,8-10,14,18H,1-5,7,16H2/b11-6+. The summed E-state index contributed by atoms with van der Waals surface area (Å²) in [6.45, 7) is 0. The number of aromatic nitrogens is 1. The minimum absolute atomic E-state index is 0.0938. The molecular formula is C14H20FN3. The van der Waals surface area contributed by atoms with Crippen LogP contribution in [-0.4, -0.2) is 4.98 Å². The molecule has 0 bridgehead atoms. The number of hydrogen-bond acceptors (Lipinski definition) is 3. The predicted octanol–water partition coefficient (Wildman–Crippen LogP) is 3.01. The van der Waals surface area contributed by atoms with Crippen LogP contribution in [0.3, 0.4) is 0 Å². The van der Waals surface area contributed by atoms with Crippen molar-refractivity contribution in [2.24, 2.45) is 5.84 Å². The van der Waals surface area contributed by atoms with E-state index in [1.165, 1.54) is 43.5 Å². The highest BCUT2D eigenvalue weighted by Crippen LogP contribution is 2.27. The molecule has 3 nitrogen and oxygen atoms in total. The van der Waals surface area contributed by atoms with Gasteiger partial charge in [0, 0.05) is 0 Å². The van der Waals surface area contributed by atoms with Gasteiger partial charge in [0.1, 0.15) is 5.82 Å². The Hall–Kier alpha value is -1.26. The Morgan fingerprint density at radius 2 is 2.06 bits per heavy atom. The Morgan fingerprint density at radius 1 is 1.22 bits per heavy atom. The van der Waals surface area contributed by atoms with Gasteiger partial charge in [-0.3, -0.25) is 10.8 Å². The van der Waals surface area contributed by atoms with E-state index in [0.717, 1.165) is 18.5 Å². The minimum atomic E-state index is -0.318. The fourth-order valence-electron chi connectivity index (χ4n) is 2.42. The molecule has 0 amide bonds. The molecule has 0 radical (unpaired) electrons. The average molecular weight is 249 g/mol. The summed E-state index contributed by atoms with van der Waals surface area (Å²) in [4.78, 5) is 4.12. The smallest absolute Gasteiger partial charge is 0.141 e. The lowest BCUT2D eigenvalue weighted by molar-refractivity contribution is 0.543. The van der Waals surface area contributed by atoms with Crippen LogP contribution in [-0.2, 0) is 0 Å². The molecule has 2 rings (SSSR count). The van der Waals surface area contributed by atoms with Crippen LogP contribution in [0.1, 0.15) is 50.3 Å². The molecule has 1 unspecified atom stereocenters. The molecule has 0 aliphatic heterocycles. The van der Waals surface area contributed by atoms with Crippen molar-refractivity contribution in [2.75, 3.05) is 0 Å². The van der Waals surface area contributed by atoms with Gasteiger partial charge in [-0.1, -0.05) is 24.5 Å². The van der Waals surface area contributed by atoms with E-state index in [-0.39, 0.29) is 11.9 Å². The number of rotatable bonds is 3. The van der Waals surface area contributed by atoms with E-state index in [9.17, 15) is 4.39 Å². The van der Waals surface area contributed by atoms with Crippen molar-refractivity contribution in [1.82, 2.24) is 10.4 Å². The van der Waals surface area contributed by atoms with Crippen LogP contribution in [0.4, 0.5) is 4.39 Å². The van der Waals surface area contributed by atoms with E-state index in [2.05, 4.69) is 16.5 Å². The van der Waals surface area contributed by atoms with Crippen LogP contribution in [0.25, 0.3) is 0 Å². The lowest BCUT2D eigenvalue weighted by atomic mass is 9.93. The predicted molar refractivity (Wildman–Crippen MR) is 70.0 cm³/mol. The molecule has 0 fully saturated rings. The van der Waals surface area contributed by atoms with E-state index in [1.54, 1.807) is 6.07 Å². The first-order chi connectivity index (χ1) is 8.81. The monoisotopic (exact) mass is 249 g/mol. The van der Waals surface area contributed by atoms with E-state index in [0.29, 0.717) is 0 Å². The summed E-state index contributed by atoms with van der Waals surface area (Å²) in [5, 5.41) is 0. The van der Waals surface area contributed by atoms with Crippen molar-refractivity contribution in [3.8, 4) is 0 Å². The summed E-state index contributed by atoms with van der Waals surface area (Å²) >= 11 is 0. The second-order valence-electron chi connectivity index (χ2n) is 4.73. The number of halogens is 1. The molecule has 98 valence electrons. The number of nitrogens with one attached hydrogen (secondary N) is 1. The largest absolute Gasteiger partial charge is 0.271 e. The van der Waals surface area contributed by atoms with Gasteiger partial charge < -0.3 is 0 Å². The SMILES string of the molecule is NNC(/C1=C/CCCCCC1)c1ccc(F)cn1. The third-order valence-electron chi connectivity index (χ3n) is 3.41. The third kappa shape index (κ3) is 3.37. The van der Waals surface area contributed by atoms with Crippen molar-refractivity contribution in [1.29, 1.82) is 0 Å². The summed E-state index contributed by atoms with van der Waals surface area (Å²) in [6, 6.07) is 3.03. The van der Waals surface area contributed by atoms with Crippen LogP contribution in [0, 0.1) is 5.82 Å². The summed E-state index contributed by atoms with van der Waals surface area (Å²) in [6.07, 6.45) is 10.6. The first-order valence-electron chi connectivity index (χ1n) is 6.58. The lowest BCUT2D eigenvalue weighted by Gasteiger charge is -2.21. The summed E-state index contributed by atoms with van der Waals surface area (Å²) in [5.41, 5.74) is 4.86. The summed E-state index contributed by atoms with van der Waals surface area (Å²) < 4.78 is 12.9. The third-order valence-corrected chi connectivity index (χ3v) is 3.41. The van der Waals surface area contributed by atoms with Crippen LogP contribution in [0.2, 0.25) is 0 Å². The quantitative estimate of drug-likeness (QED) is 0.492. The fraction of sp³-hybridized carbons (Fsp3) is 0.500. The number of pyridine rings is 1. The molecule has 1 aliphatic carbocycles. The van der Waals surface area contributed by atoms with Crippen LogP contribution in [0.15, 0.2) is 30.0 Å². The molecule has 1 atom stereocenters. The Bertz CT molecular complexity index is 400. The summed E-state index contributed by atoms with van der Waals surface area (Å²) in [5.74, 6) is 5.32. The Balaban J connectivity index is 2.18. The zero-order valence-electron chi connectivity index (χ0n) is 10.5. The zero-order chi connectivity index (χ0) is 12.8. The summed E-state index contributed by atoms with van der Waals surface area (Å²) in [7, 11) is 0. The zero-order valence-corrected chi connectivity index (χ0v) is 10.5. The molecule has 1 heterocycles. The van der Waals surface area contributed by atoms with E-state index < -0.39 is 0 Å². The number of allylic oxidation sites excluding steroid dienone is 1. The van der Waals surface area contributed by atoms with E-state index >= 15 is 0 Å². The molecular weight excluding hydrogens is 229 g/mol. The maximum Gasteiger partial charge on any atom is 0.141 e. The second kappa shape index (κ2) is 6.61.